The zero-order valence-electron chi connectivity index (χ0n) is 9.72. The van der Waals surface area contributed by atoms with E-state index in [1.807, 2.05) is 5.38 Å². The van der Waals surface area contributed by atoms with E-state index in [2.05, 4.69) is 11.9 Å². The van der Waals surface area contributed by atoms with Gasteiger partial charge in [-0.2, -0.15) is 0 Å². The molecule has 0 saturated heterocycles. The van der Waals surface area contributed by atoms with Crippen LogP contribution < -0.4 is 5.73 Å². The molecule has 3 atom stereocenters. The second kappa shape index (κ2) is 4.82. The molecule has 1 aliphatic carbocycles. The zero-order valence-corrected chi connectivity index (χ0v) is 10.5. The van der Waals surface area contributed by atoms with E-state index in [0.29, 0.717) is 12.5 Å². The highest BCUT2D eigenvalue weighted by Crippen LogP contribution is 2.46. The SMILES string of the molecule is CC1CCCC(CN)(C(O)c2cscn2)C1. The van der Waals surface area contributed by atoms with Crippen LogP contribution in [0, 0.1) is 11.3 Å². The van der Waals surface area contributed by atoms with Crippen molar-refractivity contribution in [2.24, 2.45) is 17.1 Å². The van der Waals surface area contributed by atoms with Gasteiger partial charge in [0.2, 0.25) is 0 Å². The molecule has 3 unspecified atom stereocenters. The molecule has 16 heavy (non-hydrogen) atoms. The Morgan fingerprint density at radius 2 is 2.56 bits per heavy atom. The van der Waals surface area contributed by atoms with Crippen molar-refractivity contribution in [1.29, 1.82) is 0 Å². The molecule has 3 nitrogen and oxygen atoms in total. The van der Waals surface area contributed by atoms with Gasteiger partial charge in [-0.15, -0.1) is 11.3 Å². The van der Waals surface area contributed by atoms with E-state index in [1.165, 1.54) is 24.2 Å². The summed E-state index contributed by atoms with van der Waals surface area (Å²) in [5.41, 5.74) is 8.34. The lowest BCUT2D eigenvalue weighted by atomic mass is 9.66. The maximum absolute atomic E-state index is 10.5. The molecule has 1 heterocycles. The Morgan fingerprint density at radius 3 is 3.12 bits per heavy atom. The Balaban J connectivity index is 2.20. The molecule has 0 bridgehead atoms. The van der Waals surface area contributed by atoms with E-state index in [1.54, 1.807) is 5.51 Å². The Labute approximate surface area is 101 Å². The van der Waals surface area contributed by atoms with E-state index >= 15 is 0 Å². The molecule has 0 aliphatic heterocycles. The van der Waals surface area contributed by atoms with E-state index in [-0.39, 0.29) is 5.41 Å². The van der Waals surface area contributed by atoms with Gasteiger partial charge in [-0.1, -0.05) is 19.8 Å². The summed E-state index contributed by atoms with van der Waals surface area (Å²) in [6, 6.07) is 0. The summed E-state index contributed by atoms with van der Waals surface area (Å²) < 4.78 is 0. The number of aromatic nitrogens is 1. The van der Waals surface area contributed by atoms with E-state index in [4.69, 9.17) is 5.73 Å². The first-order chi connectivity index (χ1) is 7.68. The molecule has 1 fully saturated rings. The quantitative estimate of drug-likeness (QED) is 0.852. The largest absolute Gasteiger partial charge is 0.386 e. The maximum atomic E-state index is 10.5. The molecule has 0 radical (unpaired) electrons. The standard InChI is InChI=1S/C12H20N2OS/c1-9-3-2-4-12(5-9,7-13)11(15)10-6-16-8-14-10/h6,8-9,11,15H,2-5,7,13H2,1H3. The van der Waals surface area contributed by atoms with Gasteiger partial charge >= 0.3 is 0 Å². The van der Waals surface area contributed by atoms with Crippen molar-refractivity contribution in [3.05, 3.63) is 16.6 Å². The lowest BCUT2D eigenvalue weighted by Crippen LogP contribution is -2.40. The number of nitrogens with zero attached hydrogens (tertiary/aromatic N) is 1. The van der Waals surface area contributed by atoms with Crippen molar-refractivity contribution in [3.8, 4) is 0 Å². The van der Waals surface area contributed by atoms with Crippen LogP contribution in [0.1, 0.15) is 44.4 Å². The number of hydrogen-bond acceptors (Lipinski definition) is 4. The Morgan fingerprint density at radius 1 is 1.75 bits per heavy atom. The van der Waals surface area contributed by atoms with Gasteiger partial charge in [-0.05, 0) is 18.8 Å². The normalized spacial score (nSPS) is 32.6. The summed E-state index contributed by atoms with van der Waals surface area (Å²) in [5.74, 6) is 0.658. The lowest BCUT2D eigenvalue weighted by Gasteiger charge is -2.42. The fourth-order valence-electron chi connectivity index (χ4n) is 2.92. The van der Waals surface area contributed by atoms with Crippen LogP contribution in [-0.2, 0) is 0 Å². The second-order valence-corrected chi connectivity index (χ2v) is 5.80. The molecular weight excluding hydrogens is 220 g/mol. The number of thiazole rings is 1. The van der Waals surface area contributed by atoms with Crippen LogP contribution in [0.5, 0.6) is 0 Å². The first-order valence-corrected chi connectivity index (χ1v) is 6.88. The number of aliphatic hydroxyl groups excluding tert-OH is 1. The minimum Gasteiger partial charge on any atom is -0.386 e. The first-order valence-electron chi connectivity index (χ1n) is 5.94. The van der Waals surface area contributed by atoms with E-state index < -0.39 is 6.10 Å². The molecule has 0 spiro atoms. The van der Waals surface area contributed by atoms with Crippen molar-refractivity contribution in [2.75, 3.05) is 6.54 Å². The topological polar surface area (TPSA) is 59.1 Å². The third-order valence-electron chi connectivity index (χ3n) is 3.84. The minimum absolute atomic E-state index is 0.147. The number of nitrogens with two attached hydrogens (primary N) is 1. The summed E-state index contributed by atoms with van der Waals surface area (Å²) in [4.78, 5) is 4.22. The van der Waals surface area contributed by atoms with Crippen molar-refractivity contribution >= 4 is 11.3 Å². The Bertz CT molecular complexity index is 328. The summed E-state index contributed by atoms with van der Waals surface area (Å²) in [7, 11) is 0. The first kappa shape index (κ1) is 12.0. The van der Waals surface area contributed by atoms with Gasteiger partial charge < -0.3 is 10.8 Å². The molecule has 1 aliphatic rings. The maximum Gasteiger partial charge on any atom is 0.104 e. The van der Waals surface area contributed by atoms with Crippen LogP contribution in [0.2, 0.25) is 0 Å². The van der Waals surface area contributed by atoms with Crippen LogP contribution in [0.4, 0.5) is 0 Å². The highest BCUT2D eigenvalue weighted by atomic mass is 32.1. The molecule has 3 N–H and O–H groups in total. The average Bonchev–Trinajstić information content (AvgIpc) is 2.81. The smallest absolute Gasteiger partial charge is 0.104 e. The molecule has 0 amide bonds. The van der Waals surface area contributed by atoms with E-state index in [0.717, 1.165) is 18.5 Å². The number of aliphatic hydroxyl groups is 1. The van der Waals surface area contributed by atoms with Crippen molar-refractivity contribution in [1.82, 2.24) is 4.98 Å². The van der Waals surface area contributed by atoms with Crippen LogP contribution in [0.3, 0.4) is 0 Å². The molecule has 90 valence electrons. The highest BCUT2D eigenvalue weighted by Gasteiger charge is 2.41. The summed E-state index contributed by atoms with van der Waals surface area (Å²) >= 11 is 1.53. The molecular formula is C12H20N2OS. The predicted octanol–water partition coefficient (Wildman–Crippen LogP) is 2.33. The molecule has 0 aromatic carbocycles. The fraction of sp³-hybridized carbons (Fsp3) is 0.750. The molecule has 4 heteroatoms. The minimum atomic E-state index is -0.494. The monoisotopic (exact) mass is 240 g/mol. The summed E-state index contributed by atoms with van der Waals surface area (Å²) in [6.45, 7) is 2.80. The van der Waals surface area contributed by atoms with Gasteiger partial charge in [-0.3, -0.25) is 0 Å². The fourth-order valence-corrected chi connectivity index (χ4v) is 3.49. The average molecular weight is 240 g/mol. The van der Waals surface area contributed by atoms with Gasteiger partial charge in [-0.25, -0.2) is 4.98 Å². The Kier molecular flexibility index (Phi) is 3.62. The zero-order chi connectivity index (χ0) is 11.6. The van der Waals surface area contributed by atoms with Gasteiger partial charge in [0, 0.05) is 17.3 Å². The Hall–Kier alpha value is -0.450. The van der Waals surface area contributed by atoms with Gasteiger partial charge in [0.1, 0.15) is 6.10 Å². The van der Waals surface area contributed by atoms with Gasteiger partial charge in [0.05, 0.1) is 11.2 Å². The third-order valence-corrected chi connectivity index (χ3v) is 4.45. The third kappa shape index (κ3) is 2.14. The van der Waals surface area contributed by atoms with Crippen molar-refractivity contribution < 1.29 is 5.11 Å². The van der Waals surface area contributed by atoms with Crippen molar-refractivity contribution in [2.45, 2.75) is 38.7 Å². The molecule has 1 aromatic heterocycles. The van der Waals surface area contributed by atoms with E-state index in [9.17, 15) is 5.11 Å². The van der Waals surface area contributed by atoms with Gasteiger partial charge in [0.15, 0.2) is 0 Å². The van der Waals surface area contributed by atoms with Gasteiger partial charge in [0.25, 0.3) is 0 Å². The van der Waals surface area contributed by atoms with Crippen LogP contribution in [0.25, 0.3) is 0 Å². The summed E-state index contributed by atoms with van der Waals surface area (Å²) in [5, 5.41) is 12.4. The highest BCUT2D eigenvalue weighted by molar-refractivity contribution is 7.07. The lowest BCUT2D eigenvalue weighted by molar-refractivity contribution is -0.0153. The van der Waals surface area contributed by atoms with Crippen molar-refractivity contribution in [3.63, 3.8) is 0 Å². The molecule has 1 aromatic rings. The van der Waals surface area contributed by atoms with Crippen LogP contribution >= 0.6 is 11.3 Å². The number of hydrogen-bond donors (Lipinski definition) is 2. The molecule has 2 rings (SSSR count). The van der Waals surface area contributed by atoms with Crippen LogP contribution in [0.15, 0.2) is 10.9 Å². The second-order valence-electron chi connectivity index (χ2n) is 5.08. The van der Waals surface area contributed by atoms with Crippen LogP contribution in [-0.4, -0.2) is 16.6 Å². The molecule has 1 saturated carbocycles. The number of rotatable bonds is 3. The predicted molar refractivity (Wildman–Crippen MR) is 66.2 cm³/mol. The summed E-state index contributed by atoms with van der Waals surface area (Å²) in [6.07, 6.45) is 3.96.